The maximum Gasteiger partial charge on any atom is 0.358 e. The highest BCUT2D eigenvalue weighted by molar-refractivity contribution is 9.10. The molecule has 3 rings (SSSR count). The van der Waals surface area contributed by atoms with E-state index in [2.05, 4.69) is 26.1 Å². The van der Waals surface area contributed by atoms with Gasteiger partial charge in [-0.2, -0.15) is 0 Å². The molecule has 5 nitrogen and oxygen atoms in total. The van der Waals surface area contributed by atoms with Crippen LogP contribution in [0.3, 0.4) is 0 Å². The van der Waals surface area contributed by atoms with Crippen LogP contribution in [0.5, 0.6) is 0 Å². The highest BCUT2D eigenvalue weighted by Gasteiger charge is 2.16. The van der Waals surface area contributed by atoms with Gasteiger partial charge in [0.1, 0.15) is 0 Å². The predicted molar refractivity (Wildman–Crippen MR) is 68.5 cm³/mol. The van der Waals surface area contributed by atoms with Crippen molar-refractivity contribution in [2.45, 2.75) is 0 Å². The standard InChI is InChI=1S/C12H7BrN2O3/c13-7-2-1-3-8-11(7)6(5-14-8)10-4-9(12(16)17)15-18-10/h1-5,14H,(H,16,17). The molecule has 0 atom stereocenters. The van der Waals surface area contributed by atoms with Crippen molar-refractivity contribution in [2.24, 2.45) is 0 Å². The molecule has 3 aromatic rings. The Morgan fingerprint density at radius 2 is 2.28 bits per heavy atom. The van der Waals surface area contributed by atoms with Crippen LogP contribution >= 0.6 is 15.9 Å². The second-order valence-electron chi connectivity index (χ2n) is 3.75. The molecular weight excluding hydrogens is 300 g/mol. The summed E-state index contributed by atoms with van der Waals surface area (Å²) in [5.41, 5.74) is 1.61. The lowest BCUT2D eigenvalue weighted by molar-refractivity contribution is 0.0686. The Balaban J connectivity index is 2.22. The summed E-state index contributed by atoms with van der Waals surface area (Å²) >= 11 is 3.46. The van der Waals surface area contributed by atoms with E-state index in [1.807, 2.05) is 18.2 Å². The Morgan fingerprint density at radius 1 is 1.44 bits per heavy atom. The van der Waals surface area contributed by atoms with Gasteiger partial charge in [0, 0.05) is 33.2 Å². The molecule has 0 radical (unpaired) electrons. The minimum absolute atomic E-state index is 0.105. The van der Waals surface area contributed by atoms with E-state index in [0.29, 0.717) is 5.76 Å². The molecule has 0 aliphatic heterocycles. The van der Waals surface area contributed by atoms with Gasteiger partial charge in [0.15, 0.2) is 11.5 Å². The highest BCUT2D eigenvalue weighted by Crippen LogP contribution is 2.34. The molecule has 0 saturated carbocycles. The van der Waals surface area contributed by atoms with Gasteiger partial charge in [0.25, 0.3) is 0 Å². The number of aromatic carboxylic acids is 1. The topological polar surface area (TPSA) is 79.1 Å². The molecule has 18 heavy (non-hydrogen) atoms. The number of nitrogens with one attached hydrogen (secondary N) is 1. The van der Waals surface area contributed by atoms with Crippen LogP contribution < -0.4 is 0 Å². The number of nitrogens with zero attached hydrogens (tertiary/aromatic N) is 1. The Kier molecular flexibility index (Phi) is 2.45. The Hall–Kier alpha value is -2.08. The lowest BCUT2D eigenvalue weighted by atomic mass is 10.1. The average Bonchev–Trinajstić information content (AvgIpc) is 2.94. The Morgan fingerprint density at radius 3 is 3.00 bits per heavy atom. The summed E-state index contributed by atoms with van der Waals surface area (Å²) < 4.78 is 5.97. The Labute approximate surface area is 110 Å². The third-order valence-corrected chi connectivity index (χ3v) is 3.31. The summed E-state index contributed by atoms with van der Waals surface area (Å²) in [6.45, 7) is 0. The van der Waals surface area contributed by atoms with Crippen molar-refractivity contribution in [3.63, 3.8) is 0 Å². The van der Waals surface area contributed by atoms with E-state index < -0.39 is 5.97 Å². The molecule has 0 bridgehead atoms. The van der Waals surface area contributed by atoms with Gasteiger partial charge < -0.3 is 14.6 Å². The summed E-state index contributed by atoms with van der Waals surface area (Å²) in [4.78, 5) is 13.9. The van der Waals surface area contributed by atoms with Crippen molar-refractivity contribution < 1.29 is 14.4 Å². The lowest BCUT2D eigenvalue weighted by Gasteiger charge is -1.96. The third kappa shape index (κ3) is 1.62. The molecule has 90 valence electrons. The Bertz CT molecular complexity index is 745. The van der Waals surface area contributed by atoms with Crippen LogP contribution in [-0.4, -0.2) is 21.2 Å². The molecule has 2 heterocycles. The van der Waals surface area contributed by atoms with Gasteiger partial charge >= 0.3 is 5.97 Å². The van der Waals surface area contributed by atoms with Crippen molar-refractivity contribution in [3.05, 3.63) is 40.6 Å². The number of carboxylic acid groups (broad SMARTS) is 1. The van der Waals surface area contributed by atoms with E-state index >= 15 is 0 Å². The van der Waals surface area contributed by atoms with Crippen molar-refractivity contribution in [2.75, 3.05) is 0 Å². The zero-order chi connectivity index (χ0) is 12.7. The number of rotatable bonds is 2. The molecule has 0 amide bonds. The lowest BCUT2D eigenvalue weighted by Crippen LogP contribution is -1.94. The average molecular weight is 307 g/mol. The number of hydrogen-bond acceptors (Lipinski definition) is 3. The molecule has 0 unspecified atom stereocenters. The van der Waals surface area contributed by atoms with E-state index in [9.17, 15) is 4.79 Å². The van der Waals surface area contributed by atoms with Crippen LogP contribution in [-0.2, 0) is 0 Å². The zero-order valence-corrected chi connectivity index (χ0v) is 10.6. The number of aromatic nitrogens is 2. The second kappa shape index (κ2) is 3.99. The number of carbonyl (C=O) groups is 1. The van der Waals surface area contributed by atoms with Crippen LogP contribution in [0.15, 0.2) is 39.5 Å². The molecule has 0 saturated heterocycles. The maximum absolute atomic E-state index is 10.8. The van der Waals surface area contributed by atoms with Crippen LogP contribution in [0.2, 0.25) is 0 Å². The number of H-pyrrole nitrogens is 1. The minimum atomic E-state index is -1.11. The second-order valence-corrected chi connectivity index (χ2v) is 4.60. The van der Waals surface area contributed by atoms with E-state index in [0.717, 1.165) is 20.9 Å². The molecule has 0 aliphatic rings. The van der Waals surface area contributed by atoms with E-state index in [-0.39, 0.29) is 5.69 Å². The smallest absolute Gasteiger partial charge is 0.358 e. The number of hydrogen-bond donors (Lipinski definition) is 2. The first kappa shape index (κ1) is 11.0. The first-order valence-electron chi connectivity index (χ1n) is 5.13. The van der Waals surface area contributed by atoms with Gasteiger partial charge in [-0.05, 0) is 12.1 Å². The normalized spacial score (nSPS) is 10.9. The largest absolute Gasteiger partial charge is 0.476 e. The molecule has 1 aromatic carbocycles. The molecule has 0 spiro atoms. The number of halogens is 1. The molecule has 2 aromatic heterocycles. The summed E-state index contributed by atoms with van der Waals surface area (Å²) in [6.07, 6.45) is 1.77. The van der Waals surface area contributed by atoms with Gasteiger partial charge in [-0.1, -0.05) is 27.2 Å². The summed E-state index contributed by atoms with van der Waals surface area (Å²) in [5, 5.41) is 13.3. The van der Waals surface area contributed by atoms with E-state index in [1.54, 1.807) is 6.20 Å². The van der Waals surface area contributed by atoms with Crippen molar-refractivity contribution in [1.82, 2.24) is 10.1 Å². The van der Waals surface area contributed by atoms with Gasteiger partial charge in [0.2, 0.25) is 0 Å². The molecule has 6 heteroatoms. The van der Waals surface area contributed by atoms with Crippen molar-refractivity contribution in [1.29, 1.82) is 0 Å². The van der Waals surface area contributed by atoms with Gasteiger partial charge in [0.05, 0.1) is 0 Å². The van der Waals surface area contributed by atoms with Crippen molar-refractivity contribution in [3.8, 4) is 11.3 Å². The zero-order valence-electron chi connectivity index (χ0n) is 8.98. The summed E-state index contributed by atoms with van der Waals surface area (Å²) in [7, 11) is 0. The summed E-state index contributed by atoms with van der Waals surface area (Å²) in [6, 6.07) is 7.16. The van der Waals surface area contributed by atoms with Crippen molar-refractivity contribution >= 4 is 32.8 Å². The monoisotopic (exact) mass is 306 g/mol. The van der Waals surface area contributed by atoms with Crippen LogP contribution in [0, 0.1) is 0 Å². The predicted octanol–water partition coefficient (Wildman–Crippen LogP) is 3.28. The number of carboxylic acids is 1. The molecular formula is C12H7BrN2O3. The number of aromatic amines is 1. The summed E-state index contributed by atoms with van der Waals surface area (Å²) in [5.74, 6) is -0.686. The van der Waals surface area contributed by atoms with Gasteiger partial charge in [-0.25, -0.2) is 4.79 Å². The number of benzene rings is 1. The molecule has 0 fully saturated rings. The molecule has 2 N–H and O–H groups in total. The maximum atomic E-state index is 10.8. The SMILES string of the molecule is O=C(O)c1cc(-c2c[nH]c3cccc(Br)c23)on1. The third-order valence-electron chi connectivity index (χ3n) is 2.65. The van der Waals surface area contributed by atoms with Crippen LogP contribution in [0.1, 0.15) is 10.5 Å². The fraction of sp³-hybridized carbons (Fsp3) is 0. The number of fused-ring (bicyclic) bond motifs is 1. The van der Waals surface area contributed by atoms with Gasteiger partial charge in [-0.3, -0.25) is 0 Å². The van der Waals surface area contributed by atoms with Gasteiger partial charge in [-0.15, -0.1) is 0 Å². The first-order valence-corrected chi connectivity index (χ1v) is 5.92. The quantitative estimate of drug-likeness (QED) is 0.761. The fourth-order valence-electron chi connectivity index (χ4n) is 1.84. The first-order chi connectivity index (χ1) is 8.66. The van der Waals surface area contributed by atoms with Crippen LogP contribution in [0.4, 0.5) is 0 Å². The van der Waals surface area contributed by atoms with Crippen LogP contribution in [0.25, 0.3) is 22.2 Å². The molecule has 0 aliphatic carbocycles. The van der Waals surface area contributed by atoms with E-state index in [4.69, 9.17) is 9.63 Å². The minimum Gasteiger partial charge on any atom is -0.476 e. The highest BCUT2D eigenvalue weighted by atomic mass is 79.9. The van der Waals surface area contributed by atoms with E-state index in [1.165, 1.54) is 6.07 Å². The fourth-order valence-corrected chi connectivity index (χ4v) is 2.42.